The van der Waals surface area contributed by atoms with E-state index in [0.717, 1.165) is 76.0 Å². The number of rotatable bonds is 17. The average Bonchev–Trinajstić information content (AvgIpc) is 3.46. The first-order chi connectivity index (χ1) is 16.4. The summed E-state index contributed by atoms with van der Waals surface area (Å²) in [7, 11) is 0. The second kappa shape index (κ2) is 16.6. The molecule has 34 heavy (non-hydrogen) atoms. The lowest BCUT2D eigenvalue weighted by atomic mass is 9.78. The molecule has 0 aliphatic heterocycles. The molecule has 2 fully saturated rings. The lowest BCUT2D eigenvalue weighted by Gasteiger charge is -2.28. The molecule has 0 radical (unpaired) electrons. The van der Waals surface area contributed by atoms with Crippen LogP contribution >= 0.6 is 0 Å². The van der Waals surface area contributed by atoms with Crippen molar-refractivity contribution in [3.8, 4) is 0 Å². The fourth-order valence-electron chi connectivity index (χ4n) is 6.16. The summed E-state index contributed by atoms with van der Waals surface area (Å²) < 4.78 is 11.4. The van der Waals surface area contributed by atoms with Crippen LogP contribution in [-0.2, 0) is 19.1 Å². The zero-order valence-corrected chi connectivity index (χ0v) is 22.8. The van der Waals surface area contributed by atoms with Gasteiger partial charge in [0.05, 0.1) is 25.0 Å². The molecule has 0 spiro atoms. The number of ether oxygens (including phenoxy) is 2. The molecule has 0 aromatic heterocycles. The van der Waals surface area contributed by atoms with Crippen molar-refractivity contribution in [2.24, 2.45) is 35.5 Å². The van der Waals surface area contributed by atoms with Crippen molar-refractivity contribution >= 4 is 11.9 Å². The van der Waals surface area contributed by atoms with Gasteiger partial charge in [-0.25, -0.2) is 0 Å². The van der Waals surface area contributed by atoms with E-state index in [4.69, 9.17) is 9.47 Å². The summed E-state index contributed by atoms with van der Waals surface area (Å²) in [5.74, 6) is 2.10. The number of hydrogen-bond donors (Lipinski definition) is 0. The van der Waals surface area contributed by atoms with Crippen molar-refractivity contribution in [3.63, 3.8) is 0 Å². The summed E-state index contributed by atoms with van der Waals surface area (Å²) >= 11 is 0. The number of unbranched alkanes of at least 4 members (excludes halogenated alkanes) is 6. The van der Waals surface area contributed by atoms with Crippen molar-refractivity contribution in [2.45, 2.75) is 130 Å². The molecule has 2 saturated carbocycles. The fraction of sp³-hybridized carbons (Fsp3) is 0.933. The number of esters is 2. The van der Waals surface area contributed by atoms with E-state index in [9.17, 15) is 9.59 Å². The van der Waals surface area contributed by atoms with Crippen LogP contribution < -0.4 is 0 Å². The van der Waals surface area contributed by atoms with Gasteiger partial charge in [-0.2, -0.15) is 0 Å². The minimum atomic E-state index is -0.0136. The SMILES string of the molecule is CC(C)CCCCCCOC(=O)C1CCCC1C1CCCC1C(=O)OCCCCCCC(C)C. The number of carbonyl (C=O) groups is 2. The van der Waals surface area contributed by atoms with Gasteiger partial charge >= 0.3 is 11.9 Å². The number of hydrogen-bond acceptors (Lipinski definition) is 4. The van der Waals surface area contributed by atoms with Gasteiger partial charge in [0.2, 0.25) is 0 Å². The summed E-state index contributed by atoms with van der Waals surface area (Å²) in [5.41, 5.74) is 0. The average molecular weight is 479 g/mol. The standard InChI is InChI=1S/C30H54O4/c1-23(2)15-9-5-7-11-21-33-29(31)27-19-13-17-25(27)26-18-14-20-28(26)30(32)34-22-12-8-6-10-16-24(3)4/h23-28H,5-22H2,1-4H3. The summed E-state index contributed by atoms with van der Waals surface area (Å²) in [6, 6.07) is 0. The Hall–Kier alpha value is -1.06. The van der Waals surface area contributed by atoms with Crippen LogP contribution in [0.15, 0.2) is 0 Å². The van der Waals surface area contributed by atoms with E-state index in [1.165, 1.54) is 38.5 Å². The Bertz CT molecular complexity index is 520. The Labute approximate surface area is 210 Å². The van der Waals surface area contributed by atoms with E-state index < -0.39 is 0 Å². The van der Waals surface area contributed by atoms with E-state index in [0.29, 0.717) is 25.0 Å². The molecule has 0 aromatic carbocycles. The van der Waals surface area contributed by atoms with Gasteiger partial charge < -0.3 is 9.47 Å². The predicted octanol–water partition coefficient (Wildman–Crippen LogP) is 8.12. The van der Waals surface area contributed by atoms with Crippen molar-refractivity contribution in [2.75, 3.05) is 13.2 Å². The molecular formula is C30H54O4. The molecule has 0 aromatic rings. The normalized spacial score (nSPS) is 24.8. The maximum Gasteiger partial charge on any atom is 0.309 e. The van der Waals surface area contributed by atoms with E-state index in [1.54, 1.807) is 0 Å². The Morgan fingerprint density at radius 2 is 0.971 bits per heavy atom. The maximum absolute atomic E-state index is 12.9. The first kappa shape index (κ1) is 29.2. The van der Waals surface area contributed by atoms with Gasteiger partial charge in [0.15, 0.2) is 0 Å². The molecule has 4 heteroatoms. The maximum atomic E-state index is 12.9. The van der Waals surface area contributed by atoms with Crippen molar-refractivity contribution in [1.29, 1.82) is 0 Å². The smallest absolute Gasteiger partial charge is 0.309 e. The third-order valence-electron chi connectivity index (χ3n) is 8.13. The van der Waals surface area contributed by atoms with Gasteiger partial charge in [-0.05, 0) is 62.2 Å². The van der Waals surface area contributed by atoms with Gasteiger partial charge in [-0.3, -0.25) is 9.59 Å². The molecule has 0 N–H and O–H groups in total. The van der Waals surface area contributed by atoms with E-state index in [1.807, 2.05) is 0 Å². The van der Waals surface area contributed by atoms with Gasteiger partial charge in [0, 0.05) is 0 Å². The lowest BCUT2D eigenvalue weighted by molar-refractivity contribution is -0.155. The van der Waals surface area contributed by atoms with E-state index >= 15 is 0 Å². The molecule has 0 amide bonds. The minimum absolute atomic E-state index is 0.00917. The van der Waals surface area contributed by atoms with Gasteiger partial charge in [0.25, 0.3) is 0 Å². The molecule has 198 valence electrons. The Morgan fingerprint density at radius 1 is 0.588 bits per heavy atom. The summed E-state index contributed by atoms with van der Waals surface area (Å²) in [5, 5.41) is 0. The molecule has 4 unspecified atom stereocenters. The van der Waals surface area contributed by atoms with E-state index in [2.05, 4.69) is 27.7 Å². The van der Waals surface area contributed by atoms with Crippen LogP contribution in [0.3, 0.4) is 0 Å². The zero-order chi connectivity index (χ0) is 24.8. The molecular weight excluding hydrogens is 424 g/mol. The Balaban J connectivity index is 1.68. The molecule has 4 atom stereocenters. The molecule has 2 aliphatic carbocycles. The van der Waals surface area contributed by atoms with Crippen LogP contribution in [0.1, 0.15) is 130 Å². The molecule has 0 heterocycles. The van der Waals surface area contributed by atoms with Crippen LogP contribution in [0.2, 0.25) is 0 Å². The van der Waals surface area contributed by atoms with Crippen molar-refractivity contribution in [1.82, 2.24) is 0 Å². The third-order valence-corrected chi connectivity index (χ3v) is 8.13. The summed E-state index contributed by atoms with van der Waals surface area (Å²) in [6.45, 7) is 10.2. The monoisotopic (exact) mass is 478 g/mol. The Morgan fingerprint density at radius 3 is 1.35 bits per heavy atom. The first-order valence-corrected chi connectivity index (χ1v) is 14.7. The third kappa shape index (κ3) is 10.7. The fourth-order valence-corrected chi connectivity index (χ4v) is 6.16. The highest BCUT2D eigenvalue weighted by Crippen LogP contribution is 2.47. The van der Waals surface area contributed by atoms with Crippen LogP contribution in [0, 0.1) is 35.5 Å². The highest BCUT2D eigenvalue weighted by Gasteiger charge is 2.46. The van der Waals surface area contributed by atoms with Gasteiger partial charge in [0.1, 0.15) is 0 Å². The van der Waals surface area contributed by atoms with Crippen LogP contribution in [0.25, 0.3) is 0 Å². The molecule has 4 nitrogen and oxygen atoms in total. The lowest BCUT2D eigenvalue weighted by Crippen LogP contribution is -2.32. The molecule has 2 rings (SSSR count). The van der Waals surface area contributed by atoms with Gasteiger partial charge in [-0.15, -0.1) is 0 Å². The highest BCUT2D eigenvalue weighted by atomic mass is 16.5. The summed E-state index contributed by atoms with van der Waals surface area (Å²) in [4.78, 5) is 25.7. The van der Waals surface area contributed by atoms with Gasteiger partial charge in [-0.1, -0.05) is 91.9 Å². The van der Waals surface area contributed by atoms with Crippen molar-refractivity contribution in [3.05, 3.63) is 0 Å². The van der Waals surface area contributed by atoms with E-state index in [-0.39, 0.29) is 23.8 Å². The topological polar surface area (TPSA) is 52.6 Å². The van der Waals surface area contributed by atoms with Crippen molar-refractivity contribution < 1.29 is 19.1 Å². The quantitative estimate of drug-likeness (QED) is 0.156. The summed E-state index contributed by atoms with van der Waals surface area (Å²) in [6.07, 6.45) is 17.9. The highest BCUT2D eigenvalue weighted by molar-refractivity contribution is 5.75. The second-order valence-electron chi connectivity index (χ2n) is 11.9. The first-order valence-electron chi connectivity index (χ1n) is 14.7. The van der Waals surface area contributed by atoms with Crippen LogP contribution in [-0.4, -0.2) is 25.2 Å². The van der Waals surface area contributed by atoms with Crippen LogP contribution in [0.4, 0.5) is 0 Å². The molecule has 2 aliphatic rings. The second-order valence-corrected chi connectivity index (χ2v) is 11.9. The number of carbonyl (C=O) groups excluding carboxylic acids is 2. The zero-order valence-electron chi connectivity index (χ0n) is 22.8. The largest absolute Gasteiger partial charge is 0.465 e. The molecule has 0 saturated heterocycles. The predicted molar refractivity (Wildman–Crippen MR) is 139 cm³/mol. The minimum Gasteiger partial charge on any atom is -0.465 e. The van der Waals surface area contributed by atoms with Crippen LogP contribution in [0.5, 0.6) is 0 Å². The molecule has 0 bridgehead atoms. The Kier molecular flexibility index (Phi) is 14.2.